The predicted octanol–water partition coefficient (Wildman–Crippen LogP) is 3.38. The van der Waals surface area contributed by atoms with Gasteiger partial charge in [-0.15, -0.1) is 0 Å². The Hall–Kier alpha value is -2.80. The van der Waals surface area contributed by atoms with Crippen LogP contribution in [0.15, 0.2) is 53.5 Å². The molecule has 0 fully saturated rings. The fourth-order valence-corrected chi connectivity index (χ4v) is 2.45. The first-order chi connectivity index (χ1) is 11.8. The van der Waals surface area contributed by atoms with E-state index in [9.17, 15) is 0 Å². The third-order valence-electron chi connectivity index (χ3n) is 3.79. The van der Waals surface area contributed by atoms with Crippen molar-refractivity contribution >= 4 is 5.96 Å². The molecule has 2 aromatic rings. The van der Waals surface area contributed by atoms with Gasteiger partial charge in [0, 0.05) is 13.1 Å². The van der Waals surface area contributed by atoms with Crippen molar-refractivity contribution < 1.29 is 0 Å². The zero-order chi connectivity index (χ0) is 17.2. The summed E-state index contributed by atoms with van der Waals surface area (Å²) in [5.74, 6) is 0.799. The van der Waals surface area contributed by atoms with Gasteiger partial charge in [0.1, 0.15) is 0 Å². The van der Waals surface area contributed by atoms with Gasteiger partial charge in [-0.3, -0.25) is 0 Å². The molecule has 4 heteroatoms. The van der Waals surface area contributed by atoms with Gasteiger partial charge < -0.3 is 10.6 Å². The van der Waals surface area contributed by atoms with E-state index < -0.39 is 0 Å². The Morgan fingerprint density at radius 2 is 1.71 bits per heavy atom. The maximum absolute atomic E-state index is 8.84. The Labute approximate surface area is 144 Å². The second kappa shape index (κ2) is 9.36. The molecule has 0 bridgehead atoms. The summed E-state index contributed by atoms with van der Waals surface area (Å²) in [7, 11) is 0. The maximum atomic E-state index is 8.84. The van der Waals surface area contributed by atoms with E-state index in [0.29, 0.717) is 12.1 Å². The van der Waals surface area contributed by atoms with E-state index in [1.165, 1.54) is 11.1 Å². The quantitative estimate of drug-likeness (QED) is 0.633. The van der Waals surface area contributed by atoms with Crippen LogP contribution in [-0.4, -0.2) is 12.5 Å². The molecule has 0 heterocycles. The first-order valence-corrected chi connectivity index (χ1v) is 8.34. The number of rotatable bonds is 6. The number of hydrogen-bond donors (Lipinski definition) is 2. The second-order valence-electron chi connectivity index (χ2n) is 5.48. The van der Waals surface area contributed by atoms with Crippen LogP contribution in [0.3, 0.4) is 0 Å². The van der Waals surface area contributed by atoms with Crippen molar-refractivity contribution in [3.63, 3.8) is 0 Å². The molecule has 0 aliphatic carbocycles. The lowest BCUT2D eigenvalue weighted by molar-refractivity contribution is 0.809. The normalized spacial score (nSPS) is 11.0. The fraction of sp³-hybridized carbons (Fsp3) is 0.300. The molecule has 2 N–H and O–H groups in total. The predicted molar refractivity (Wildman–Crippen MR) is 98.6 cm³/mol. The molecule has 0 amide bonds. The van der Waals surface area contributed by atoms with Crippen molar-refractivity contribution in [2.24, 2.45) is 4.99 Å². The highest BCUT2D eigenvalue weighted by atomic mass is 15.2. The van der Waals surface area contributed by atoms with Gasteiger partial charge in [0.05, 0.1) is 18.2 Å². The molecular formula is C20H24N4. The molecule has 2 rings (SSSR count). The molecule has 0 radical (unpaired) electrons. The summed E-state index contributed by atoms with van der Waals surface area (Å²) in [6, 6.07) is 18.1. The average molecular weight is 320 g/mol. The van der Waals surface area contributed by atoms with E-state index in [2.05, 4.69) is 59.8 Å². The monoisotopic (exact) mass is 320 g/mol. The lowest BCUT2D eigenvalue weighted by Crippen LogP contribution is -2.37. The van der Waals surface area contributed by atoms with Crippen LogP contribution in [-0.2, 0) is 19.5 Å². The van der Waals surface area contributed by atoms with E-state index in [1.54, 1.807) is 0 Å². The number of nitriles is 1. The van der Waals surface area contributed by atoms with Crippen molar-refractivity contribution in [2.45, 2.75) is 33.4 Å². The highest BCUT2D eigenvalue weighted by Crippen LogP contribution is 2.09. The molecule has 0 saturated carbocycles. The van der Waals surface area contributed by atoms with Crippen molar-refractivity contribution in [3.8, 4) is 6.07 Å². The summed E-state index contributed by atoms with van der Waals surface area (Å²) in [4.78, 5) is 4.62. The number of guanidine groups is 1. The zero-order valence-corrected chi connectivity index (χ0v) is 14.3. The Bertz CT molecular complexity index is 711. The number of nitrogens with one attached hydrogen (secondary N) is 2. The van der Waals surface area contributed by atoms with Crippen molar-refractivity contribution in [1.29, 1.82) is 5.26 Å². The molecule has 0 aliphatic rings. The molecular weight excluding hydrogens is 296 g/mol. The molecule has 0 aromatic heterocycles. The second-order valence-corrected chi connectivity index (χ2v) is 5.48. The Morgan fingerprint density at radius 1 is 1.00 bits per heavy atom. The van der Waals surface area contributed by atoms with Crippen LogP contribution in [0.2, 0.25) is 0 Å². The molecule has 124 valence electrons. The van der Waals surface area contributed by atoms with Crippen LogP contribution in [0.4, 0.5) is 0 Å². The summed E-state index contributed by atoms with van der Waals surface area (Å²) in [5, 5.41) is 15.5. The van der Waals surface area contributed by atoms with E-state index in [4.69, 9.17) is 5.26 Å². The Kier molecular flexibility index (Phi) is 6.85. The highest BCUT2D eigenvalue weighted by molar-refractivity contribution is 5.79. The average Bonchev–Trinajstić information content (AvgIpc) is 2.64. The van der Waals surface area contributed by atoms with Crippen LogP contribution >= 0.6 is 0 Å². The van der Waals surface area contributed by atoms with E-state index in [1.807, 2.05) is 24.3 Å². The minimum atomic E-state index is 0.580. The third kappa shape index (κ3) is 5.13. The summed E-state index contributed by atoms with van der Waals surface area (Å²) in [6.07, 6.45) is 1.02. The van der Waals surface area contributed by atoms with Gasteiger partial charge in [-0.05, 0) is 42.2 Å². The van der Waals surface area contributed by atoms with Crippen LogP contribution in [0.25, 0.3) is 0 Å². The van der Waals surface area contributed by atoms with Crippen molar-refractivity contribution in [3.05, 3.63) is 70.8 Å². The lowest BCUT2D eigenvalue weighted by Gasteiger charge is -2.13. The van der Waals surface area contributed by atoms with Crippen molar-refractivity contribution in [1.82, 2.24) is 10.6 Å². The van der Waals surface area contributed by atoms with Gasteiger partial charge in [0.15, 0.2) is 5.96 Å². The topological polar surface area (TPSA) is 60.2 Å². The van der Waals surface area contributed by atoms with Gasteiger partial charge in [-0.1, -0.05) is 43.3 Å². The minimum Gasteiger partial charge on any atom is -0.357 e. The Balaban J connectivity index is 2.01. The van der Waals surface area contributed by atoms with Crippen LogP contribution in [0, 0.1) is 11.3 Å². The van der Waals surface area contributed by atoms with Crippen molar-refractivity contribution in [2.75, 3.05) is 6.54 Å². The summed E-state index contributed by atoms with van der Waals surface area (Å²) < 4.78 is 0. The largest absolute Gasteiger partial charge is 0.357 e. The van der Waals surface area contributed by atoms with Crippen LogP contribution in [0.1, 0.15) is 36.1 Å². The molecule has 2 aromatic carbocycles. The van der Waals surface area contributed by atoms with E-state index >= 15 is 0 Å². The smallest absolute Gasteiger partial charge is 0.191 e. The Morgan fingerprint density at radius 3 is 2.33 bits per heavy atom. The molecule has 0 unspecified atom stereocenters. The number of aliphatic imine (C=N–C) groups is 1. The SMILES string of the molecule is CCNC(=NCc1ccc(C#N)cc1)NCc1ccccc1CC. The third-order valence-corrected chi connectivity index (χ3v) is 3.79. The number of hydrogen-bond acceptors (Lipinski definition) is 2. The molecule has 0 saturated heterocycles. The van der Waals surface area contributed by atoms with E-state index in [-0.39, 0.29) is 0 Å². The minimum absolute atomic E-state index is 0.580. The molecule has 0 aliphatic heterocycles. The van der Waals surface area contributed by atoms with Crippen LogP contribution in [0.5, 0.6) is 0 Å². The molecule has 0 atom stereocenters. The standard InChI is InChI=1S/C20H24N4/c1-3-18-7-5-6-8-19(18)15-24-20(22-4-2)23-14-17-11-9-16(13-21)10-12-17/h5-12H,3-4,14-15H2,1-2H3,(H2,22,23,24). The number of nitrogens with zero attached hydrogens (tertiary/aromatic N) is 2. The number of aryl methyl sites for hydroxylation is 1. The summed E-state index contributed by atoms with van der Waals surface area (Å²) >= 11 is 0. The van der Waals surface area contributed by atoms with Gasteiger partial charge in [-0.25, -0.2) is 4.99 Å². The summed E-state index contributed by atoms with van der Waals surface area (Å²) in [6.45, 7) is 6.37. The number of benzene rings is 2. The highest BCUT2D eigenvalue weighted by Gasteiger charge is 2.02. The van der Waals surface area contributed by atoms with E-state index in [0.717, 1.165) is 31.0 Å². The summed E-state index contributed by atoms with van der Waals surface area (Å²) in [5.41, 5.74) is 4.40. The molecule has 0 spiro atoms. The first-order valence-electron chi connectivity index (χ1n) is 8.34. The first kappa shape index (κ1) is 17.6. The zero-order valence-electron chi connectivity index (χ0n) is 14.3. The van der Waals surface area contributed by atoms with Gasteiger partial charge >= 0.3 is 0 Å². The molecule has 4 nitrogen and oxygen atoms in total. The van der Waals surface area contributed by atoms with Gasteiger partial charge in [0.2, 0.25) is 0 Å². The maximum Gasteiger partial charge on any atom is 0.191 e. The fourth-order valence-electron chi connectivity index (χ4n) is 2.45. The van der Waals surface area contributed by atoms with Crippen LogP contribution < -0.4 is 10.6 Å². The molecule has 24 heavy (non-hydrogen) atoms. The lowest BCUT2D eigenvalue weighted by atomic mass is 10.1. The van der Waals surface area contributed by atoms with Gasteiger partial charge in [-0.2, -0.15) is 5.26 Å². The van der Waals surface area contributed by atoms with Gasteiger partial charge in [0.25, 0.3) is 0 Å².